The van der Waals surface area contributed by atoms with E-state index in [4.69, 9.17) is 0 Å². The van der Waals surface area contributed by atoms with Gasteiger partial charge in [0.05, 0.1) is 0 Å². The molecule has 0 amide bonds. The Morgan fingerprint density at radius 3 is 1.17 bits per heavy atom. The third-order valence-corrected chi connectivity index (χ3v) is 14.7. The molecular formula is C16H39F2N2OPSn. The van der Waals surface area contributed by atoms with Crippen molar-refractivity contribution in [2.45, 2.75) is 72.6 Å². The Hall–Kier alpha value is 0.809. The first-order chi connectivity index (χ1) is 10.2. The first kappa shape index (κ1) is 28.6. The van der Waals surface area contributed by atoms with E-state index in [9.17, 15) is 8.76 Å². The van der Waals surface area contributed by atoms with Gasteiger partial charge in [-0.2, -0.15) is 4.20 Å². The van der Waals surface area contributed by atoms with Gasteiger partial charge in [-0.15, -0.1) is 0 Å². The second kappa shape index (κ2) is 17.6. The summed E-state index contributed by atoms with van der Waals surface area (Å²) in [7, 11) is 2.11. The van der Waals surface area contributed by atoms with Crippen molar-refractivity contribution in [1.29, 1.82) is 0 Å². The minimum Gasteiger partial charge on any atom is -1.00 e. The maximum atomic E-state index is 12.7. The number of halogens is 2. The largest absolute Gasteiger partial charge is 1.00 e. The van der Waals surface area contributed by atoms with E-state index in [2.05, 4.69) is 20.8 Å². The maximum absolute atomic E-state index is 12.7. The SMILES string of the molecule is CCC[CH2][Sn+]([CH2]CCC)[CH2]CCC.CN(C)P(=O)(F)N(C)C.[F-]. The number of nitrogens with zero attached hydrogens (tertiary/aromatic N) is 2. The first-order valence-corrected chi connectivity index (χ1v) is 16.3. The van der Waals surface area contributed by atoms with Crippen molar-refractivity contribution in [3.8, 4) is 0 Å². The van der Waals surface area contributed by atoms with Crippen LogP contribution in [-0.2, 0) is 4.57 Å². The molecule has 0 aromatic rings. The summed E-state index contributed by atoms with van der Waals surface area (Å²) < 4.78 is 30.7. The van der Waals surface area contributed by atoms with Crippen molar-refractivity contribution in [3.63, 3.8) is 0 Å². The average Bonchev–Trinajstić information content (AvgIpc) is 2.46. The fourth-order valence-electron chi connectivity index (χ4n) is 2.01. The molecule has 0 bridgehead atoms. The predicted octanol–water partition coefficient (Wildman–Crippen LogP) is 3.07. The van der Waals surface area contributed by atoms with Gasteiger partial charge in [-0.1, -0.05) is 0 Å². The van der Waals surface area contributed by atoms with Crippen LogP contribution >= 0.6 is 7.75 Å². The van der Waals surface area contributed by atoms with Crippen molar-refractivity contribution >= 4 is 27.5 Å². The summed E-state index contributed by atoms with van der Waals surface area (Å²) in [6, 6.07) is 0. The molecule has 0 aliphatic rings. The zero-order chi connectivity index (χ0) is 17.6. The number of rotatable bonds is 11. The molecule has 0 atom stereocenters. The molecule has 0 saturated carbocycles. The second-order valence-electron chi connectivity index (χ2n) is 6.23. The van der Waals surface area contributed by atoms with E-state index in [-0.39, 0.29) is 4.70 Å². The standard InChI is InChI=1S/C4H12FN2OP.3C4H9.FH.Sn/c1-6(2)9(5,8)7(3)4;3*1-3-4-2;;/h1-4H3;3*1,3-4H2,2H3;1H;/q;;;;;+1/p-1. The molecular weight excluding hydrogens is 424 g/mol. The molecule has 3 nitrogen and oxygen atoms in total. The quantitative estimate of drug-likeness (QED) is 0.348. The van der Waals surface area contributed by atoms with Gasteiger partial charge in [0.1, 0.15) is 0 Å². The van der Waals surface area contributed by atoms with Crippen LogP contribution in [-0.4, -0.2) is 57.3 Å². The molecule has 0 aliphatic heterocycles. The summed E-state index contributed by atoms with van der Waals surface area (Å²) >= 11 is -0.839. The van der Waals surface area contributed by atoms with Crippen LogP contribution in [0.3, 0.4) is 0 Å². The van der Waals surface area contributed by atoms with E-state index in [1.165, 1.54) is 66.7 Å². The van der Waals surface area contributed by atoms with Crippen molar-refractivity contribution < 1.29 is 13.5 Å². The molecule has 0 aromatic carbocycles. The molecule has 0 rings (SSSR count). The smallest absolute Gasteiger partial charge is 0.381 e. The van der Waals surface area contributed by atoms with Crippen molar-refractivity contribution in [3.05, 3.63) is 0 Å². The monoisotopic (exact) mass is 464 g/mol. The minimum atomic E-state index is -3.67. The van der Waals surface area contributed by atoms with Crippen LogP contribution in [0.15, 0.2) is 0 Å². The molecule has 0 N–H and O–H groups in total. The summed E-state index contributed by atoms with van der Waals surface area (Å²) in [4.78, 5) is 0. The summed E-state index contributed by atoms with van der Waals surface area (Å²) in [5.74, 6) is 0. The number of hydrogen-bond donors (Lipinski definition) is 0. The first-order valence-electron chi connectivity index (χ1n) is 8.72. The summed E-state index contributed by atoms with van der Waals surface area (Å²) in [5, 5.41) is 0. The Kier molecular flexibility index (Phi) is 21.9. The zero-order valence-electron chi connectivity index (χ0n) is 16.4. The van der Waals surface area contributed by atoms with Gasteiger partial charge >= 0.3 is 100 Å². The molecule has 0 radical (unpaired) electrons. The van der Waals surface area contributed by atoms with Crippen LogP contribution in [0.2, 0.25) is 13.3 Å². The molecule has 0 unspecified atom stereocenters. The number of unbranched alkanes of at least 4 members (excludes halogenated alkanes) is 3. The summed E-state index contributed by atoms with van der Waals surface area (Å²) in [6.45, 7) is 7.00. The fourth-order valence-corrected chi connectivity index (χ4v) is 12.2. The fraction of sp³-hybridized carbons (Fsp3) is 1.00. The van der Waals surface area contributed by atoms with Gasteiger partial charge in [0.25, 0.3) is 0 Å². The number of hydrogen-bond acceptors (Lipinski definition) is 1. The van der Waals surface area contributed by atoms with Crippen LogP contribution in [0, 0.1) is 0 Å². The van der Waals surface area contributed by atoms with Gasteiger partial charge in [-0.25, -0.2) is 9.34 Å². The van der Waals surface area contributed by atoms with Crippen LogP contribution in [0.5, 0.6) is 0 Å². The third kappa shape index (κ3) is 16.0. The molecule has 0 fully saturated rings. The summed E-state index contributed by atoms with van der Waals surface area (Å²) in [6.07, 6.45) is 8.85. The topological polar surface area (TPSA) is 23.6 Å². The Balaban J connectivity index is -0.000000354. The van der Waals surface area contributed by atoms with Gasteiger partial charge in [0.15, 0.2) is 0 Å². The minimum absolute atomic E-state index is 0. The van der Waals surface area contributed by atoms with E-state index in [0.29, 0.717) is 0 Å². The molecule has 0 saturated heterocycles. The van der Waals surface area contributed by atoms with Crippen LogP contribution < -0.4 is 4.70 Å². The molecule has 0 aliphatic carbocycles. The van der Waals surface area contributed by atoms with Gasteiger partial charge < -0.3 is 4.70 Å². The van der Waals surface area contributed by atoms with E-state index in [1.807, 2.05) is 0 Å². The Morgan fingerprint density at radius 2 is 1.04 bits per heavy atom. The van der Waals surface area contributed by atoms with Crippen molar-refractivity contribution in [2.75, 3.05) is 28.2 Å². The van der Waals surface area contributed by atoms with Gasteiger partial charge in [0.2, 0.25) is 0 Å². The van der Waals surface area contributed by atoms with Crippen LogP contribution in [0.25, 0.3) is 0 Å². The Labute approximate surface area is 151 Å². The second-order valence-corrected chi connectivity index (χ2v) is 17.3. The molecule has 0 aromatic heterocycles. The van der Waals surface area contributed by atoms with Crippen LogP contribution in [0.4, 0.5) is 4.20 Å². The molecule has 142 valence electrons. The maximum Gasteiger partial charge on any atom is 0.381 e. The Bertz CT molecular complexity index is 264. The molecule has 23 heavy (non-hydrogen) atoms. The van der Waals surface area contributed by atoms with E-state index in [0.717, 1.165) is 9.34 Å². The van der Waals surface area contributed by atoms with Crippen LogP contribution in [0.1, 0.15) is 59.3 Å². The molecule has 0 spiro atoms. The third-order valence-electron chi connectivity index (χ3n) is 3.64. The van der Waals surface area contributed by atoms with Crippen molar-refractivity contribution in [1.82, 2.24) is 9.34 Å². The van der Waals surface area contributed by atoms with Crippen molar-refractivity contribution in [2.24, 2.45) is 0 Å². The van der Waals surface area contributed by atoms with Gasteiger partial charge in [0, 0.05) is 0 Å². The summed E-state index contributed by atoms with van der Waals surface area (Å²) in [5.41, 5.74) is 0. The normalized spacial score (nSPS) is 11.0. The van der Waals surface area contributed by atoms with E-state index in [1.54, 1.807) is 13.3 Å². The zero-order valence-corrected chi connectivity index (χ0v) is 20.1. The molecule has 7 heteroatoms. The van der Waals surface area contributed by atoms with E-state index >= 15 is 0 Å². The van der Waals surface area contributed by atoms with E-state index < -0.39 is 27.5 Å². The van der Waals surface area contributed by atoms with Gasteiger partial charge in [-0.05, 0) is 28.2 Å². The van der Waals surface area contributed by atoms with Gasteiger partial charge in [-0.3, -0.25) is 4.57 Å². The molecule has 0 heterocycles. The Morgan fingerprint density at radius 1 is 0.783 bits per heavy atom. The predicted molar refractivity (Wildman–Crippen MR) is 101 cm³/mol. The average molecular weight is 463 g/mol.